The van der Waals surface area contributed by atoms with Gasteiger partial charge in [-0.05, 0) is 72.2 Å². The van der Waals surface area contributed by atoms with Crippen LogP contribution in [0.5, 0.6) is 0 Å². The van der Waals surface area contributed by atoms with E-state index in [0.717, 1.165) is 25.7 Å². The lowest BCUT2D eigenvalue weighted by Gasteiger charge is -2.69. The average Bonchev–Trinajstić information content (AvgIpc) is 3.07. The molecule has 0 bridgehead atoms. The molecular formula is C32H48O4. The first-order valence-electron chi connectivity index (χ1n) is 14.3. The number of carbonyl (C=O) groups excluding carboxylic acids is 2. The number of allylic oxidation sites excluding steroid dienone is 3. The molecule has 0 spiro atoms. The van der Waals surface area contributed by atoms with Crippen LogP contribution in [0, 0.1) is 56.7 Å². The third-order valence-corrected chi connectivity index (χ3v) is 12.8. The second-order valence-corrected chi connectivity index (χ2v) is 15.0. The van der Waals surface area contributed by atoms with Gasteiger partial charge in [0.05, 0.1) is 6.10 Å². The summed E-state index contributed by atoms with van der Waals surface area (Å²) in [4.78, 5) is 25.1. The predicted octanol–water partition coefficient (Wildman–Crippen LogP) is 6.52. The monoisotopic (exact) mass is 496 g/mol. The van der Waals surface area contributed by atoms with E-state index in [1.165, 1.54) is 5.57 Å². The molecule has 4 heteroatoms. The van der Waals surface area contributed by atoms with E-state index in [1.807, 2.05) is 0 Å². The van der Waals surface area contributed by atoms with Crippen LogP contribution >= 0.6 is 0 Å². The molecule has 0 heterocycles. The number of ether oxygens (including phenoxy) is 1. The van der Waals surface area contributed by atoms with Crippen LogP contribution < -0.4 is 0 Å². The fourth-order valence-electron chi connectivity index (χ4n) is 10.9. The maximum Gasteiger partial charge on any atom is 0.302 e. The van der Waals surface area contributed by atoms with Crippen molar-refractivity contribution in [2.45, 2.75) is 107 Å². The minimum Gasteiger partial charge on any atom is -0.462 e. The summed E-state index contributed by atoms with van der Waals surface area (Å²) in [6.07, 6.45) is 10.5. The Labute approximate surface area is 218 Å². The Bertz CT molecular complexity index is 1040. The van der Waals surface area contributed by atoms with Gasteiger partial charge in [-0.25, -0.2) is 0 Å². The van der Waals surface area contributed by atoms with Crippen LogP contribution in [-0.2, 0) is 14.3 Å². The lowest BCUT2D eigenvalue weighted by atomic mass is 9.35. The zero-order chi connectivity index (χ0) is 26.6. The number of esters is 1. The summed E-state index contributed by atoms with van der Waals surface area (Å²) < 4.78 is 6.12. The van der Waals surface area contributed by atoms with Crippen LogP contribution in [0.3, 0.4) is 0 Å². The van der Waals surface area contributed by atoms with Crippen LogP contribution in [0.25, 0.3) is 0 Å². The third-order valence-electron chi connectivity index (χ3n) is 12.8. The molecule has 5 rings (SSSR count). The van der Waals surface area contributed by atoms with Gasteiger partial charge in [-0.15, -0.1) is 0 Å². The fourth-order valence-corrected chi connectivity index (χ4v) is 10.9. The topological polar surface area (TPSA) is 63.6 Å². The summed E-state index contributed by atoms with van der Waals surface area (Å²) in [5.74, 6) is 1.45. The number of carbonyl (C=O) groups is 2. The molecule has 0 aliphatic heterocycles. The molecule has 0 unspecified atom stereocenters. The zero-order valence-electron chi connectivity index (χ0n) is 24.0. The van der Waals surface area contributed by atoms with E-state index in [4.69, 9.17) is 4.74 Å². The second-order valence-electron chi connectivity index (χ2n) is 15.0. The van der Waals surface area contributed by atoms with E-state index in [-0.39, 0.29) is 57.3 Å². The molecule has 1 N–H and O–H groups in total. The SMILES string of the molecule is CC(=O)O[C@@H]1C[C@@H](C(C)C)[C@]2(C)CC[C@@]3(C)[C@H]4C(=CC[C@]3(C)[C@@H]12)[C@@]1(C)C=CC(=O)C(C)(C)[C@@H]1C[C@@H]4O. The Morgan fingerprint density at radius 1 is 1.06 bits per heavy atom. The van der Waals surface area contributed by atoms with Gasteiger partial charge in [0, 0.05) is 29.6 Å². The van der Waals surface area contributed by atoms with Crippen molar-refractivity contribution in [1.29, 1.82) is 0 Å². The minimum absolute atomic E-state index is 0.0479. The Hall–Kier alpha value is -1.42. The first-order chi connectivity index (χ1) is 16.5. The standard InChI is InChI=1S/C32H48O4/c1-18(2)21-16-23(36-19(3)33)27-30(21,7)14-15-31(8)26-20(10-13-32(27,31)9)29(6)12-11-25(35)28(4,5)24(29)17-22(26)34/h10-12,18,21-24,26-27,34H,13-17H2,1-9H3/t21-,22-,23+,24-,26-,27-,29+,30-,31-,32+/m0/s1. The average molecular weight is 497 g/mol. The van der Waals surface area contributed by atoms with Gasteiger partial charge in [0.1, 0.15) is 6.10 Å². The number of rotatable bonds is 2. The lowest BCUT2D eigenvalue weighted by Crippen LogP contribution is -2.65. The highest BCUT2D eigenvalue weighted by atomic mass is 16.5. The Morgan fingerprint density at radius 3 is 2.33 bits per heavy atom. The summed E-state index contributed by atoms with van der Waals surface area (Å²) in [6.45, 7) is 19.9. The molecule has 200 valence electrons. The number of ketones is 1. The predicted molar refractivity (Wildman–Crippen MR) is 142 cm³/mol. The normalized spacial score (nSPS) is 51.1. The minimum atomic E-state index is -0.487. The van der Waals surface area contributed by atoms with Gasteiger partial charge >= 0.3 is 5.97 Å². The molecule has 4 nitrogen and oxygen atoms in total. The molecule has 0 saturated heterocycles. The van der Waals surface area contributed by atoms with Crippen molar-refractivity contribution in [3.05, 3.63) is 23.8 Å². The molecule has 3 saturated carbocycles. The van der Waals surface area contributed by atoms with Crippen molar-refractivity contribution in [2.24, 2.45) is 56.7 Å². The Morgan fingerprint density at radius 2 is 1.72 bits per heavy atom. The quantitative estimate of drug-likeness (QED) is 0.349. The van der Waals surface area contributed by atoms with Crippen molar-refractivity contribution in [3.63, 3.8) is 0 Å². The van der Waals surface area contributed by atoms with Crippen molar-refractivity contribution >= 4 is 11.8 Å². The fraction of sp³-hybridized carbons (Fsp3) is 0.812. The molecule has 5 aliphatic rings. The molecule has 3 fully saturated rings. The van der Waals surface area contributed by atoms with E-state index in [1.54, 1.807) is 13.0 Å². The molecule has 10 atom stereocenters. The van der Waals surface area contributed by atoms with Gasteiger partial charge in [-0.2, -0.15) is 0 Å². The molecule has 0 amide bonds. The Balaban J connectivity index is 1.65. The van der Waals surface area contributed by atoms with Gasteiger partial charge in [0.25, 0.3) is 0 Å². The molecule has 0 aromatic heterocycles. The van der Waals surface area contributed by atoms with E-state index in [2.05, 4.69) is 67.5 Å². The van der Waals surface area contributed by atoms with Crippen molar-refractivity contribution in [3.8, 4) is 0 Å². The van der Waals surface area contributed by atoms with Gasteiger partial charge in [-0.3, -0.25) is 9.59 Å². The van der Waals surface area contributed by atoms with Gasteiger partial charge in [-0.1, -0.05) is 73.1 Å². The summed E-state index contributed by atoms with van der Waals surface area (Å²) in [7, 11) is 0. The Kier molecular flexibility index (Phi) is 5.68. The maximum atomic E-state index is 12.9. The smallest absolute Gasteiger partial charge is 0.302 e. The van der Waals surface area contributed by atoms with E-state index < -0.39 is 11.5 Å². The first-order valence-corrected chi connectivity index (χ1v) is 14.3. The second kappa shape index (κ2) is 7.80. The van der Waals surface area contributed by atoms with Crippen molar-refractivity contribution < 1.29 is 19.4 Å². The van der Waals surface area contributed by atoms with Gasteiger partial charge in [0.2, 0.25) is 0 Å². The van der Waals surface area contributed by atoms with Crippen LogP contribution in [-0.4, -0.2) is 29.1 Å². The summed E-state index contributed by atoms with van der Waals surface area (Å²) in [6, 6.07) is 0. The van der Waals surface area contributed by atoms with E-state index in [9.17, 15) is 14.7 Å². The highest BCUT2D eigenvalue weighted by molar-refractivity contribution is 5.96. The lowest BCUT2D eigenvalue weighted by molar-refractivity contribution is -0.198. The number of hydrogen-bond acceptors (Lipinski definition) is 4. The molecule has 0 aromatic rings. The number of fused-ring (bicyclic) bond motifs is 7. The number of aliphatic hydroxyl groups is 1. The van der Waals surface area contributed by atoms with Crippen LogP contribution in [0.15, 0.2) is 23.8 Å². The largest absolute Gasteiger partial charge is 0.462 e. The molecular weight excluding hydrogens is 448 g/mol. The van der Waals surface area contributed by atoms with Crippen LogP contribution in [0.1, 0.15) is 94.4 Å². The molecule has 5 aliphatic carbocycles. The van der Waals surface area contributed by atoms with Gasteiger partial charge < -0.3 is 9.84 Å². The van der Waals surface area contributed by atoms with Crippen molar-refractivity contribution in [1.82, 2.24) is 0 Å². The maximum absolute atomic E-state index is 12.9. The van der Waals surface area contributed by atoms with Crippen LogP contribution in [0.2, 0.25) is 0 Å². The number of hydrogen-bond donors (Lipinski definition) is 1. The highest BCUT2D eigenvalue weighted by Crippen LogP contribution is 2.76. The summed E-state index contributed by atoms with van der Waals surface area (Å²) >= 11 is 0. The van der Waals surface area contributed by atoms with E-state index in [0.29, 0.717) is 18.3 Å². The third kappa shape index (κ3) is 3.09. The summed E-state index contributed by atoms with van der Waals surface area (Å²) in [5, 5.41) is 11.9. The van der Waals surface area contributed by atoms with Gasteiger partial charge in [0.15, 0.2) is 5.78 Å². The first kappa shape index (κ1) is 26.2. The molecule has 0 aromatic carbocycles. The van der Waals surface area contributed by atoms with E-state index >= 15 is 0 Å². The zero-order valence-corrected chi connectivity index (χ0v) is 24.0. The van der Waals surface area contributed by atoms with Crippen LogP contribution in [0.4, 0.5) is 0 Å². The summed E-state index contributed by atoms with van der Waals surface area (Å²) in [5.41, 5.74) is 0.537. The van der Waals surface area contributed by atoms with Crippen molar-refractivity contribution in [2.75, 3.05) is 0 Å². The molecule has 0 radical (unpaired) electrons. The molecule has 36 heavy (non-hydrogen) atoms. The highest BCUT2D eigenvalue weighted by Gasteiger charge is 2.72. The number of aliphatic hydroxyl groups excluding tert-OH is 1.